The molecule has 1 unspecified atom stereocenters. The van der Waals surface area contributed by atoms with E-state index in [1.165, 1.54) is 0 Å². The monoisotopic (exact) mass is 198 g/mol. The third-order valence-electron chi connectivity index (χ3n) is 2.42. The zero-order valence-corrected chi connectivity index (χ0v) is 8.75. The topological polar surface area (TPSA) is 38.9 Å². The number of pyridine rings is 1. The first-order chi connectivity index (χ1) is 6.16. The van der Waals surface area contributed by atoms with Crippen molar-refractivity contribution in [2.45, 2.75) is 26.3 Å². The molecule has 1 aromatic rings. The molecule has 72 valence electrons. The summed E-state index contributed by atoms with van der Waals surface area (Å²) >= 11 is 5.98. The van der Waals surface area contributed by atoms with Crippen molar-refractivity contribution >= 4 is 11.6 Å². The molecule has 1 aromatic heterocycles. The van der Waals surface area contributed by atoms with Gasteiger partial charge in [-0.2, -0.15) is 0 Å². The van der Waals surface area contributed by atoms with E-state index in [0.29, 0.717) is 10.9 Å². The molecule has 2 nitrogen and oxygen atoms in total. The van der Waals surface area contributed by atoms with Crippen molar-refractivity contribution in [2.75, 3.05) is 0 Å². The standard InChI is InChI=1S/C10H15ClN2/c1-3-7(2)10(12)8-4-5-13-6-9(8)11/h4-7,10H,3,12H2,1-2H3/t7?,10-/m1/s1. The van der Waals surface area contributed by atoms with Crippen LogP contribution in [0.4, 0.5) is 0 Å². The van der Waals surface area contributed by atoms with Gasteiger partial charge in [-0.05, 0) is 17.5 Å². The van der Waals surface area contributed by atoms with Gasteiger partial charge in [0.25, 0.3) is 0 Å². The summed E-state index contributed by atoms with van der Waals surface area (Å²) < 4.78 is 0. The van der Waals surface area contributed by atoms with E-state index in [2.05, 4.69) is 18.8 Å². The normalized spacial score (nSPS) is 15.4. The molecule has 0 bridgehead atoms. The molecule has 0 aromatic carbocycles. The van der Waals surface area contributed by atoms with E-state index in [9.17, 15) is 0 Å². The highest BCUT2D eigenvalue weighted by atomic mass is 35.5. The van der Waals surface area contributed by atoms with Gasteiger partial charge in [0.05, 0.1) is 5.02 Å². The van der Waals surface area contributed by atoms with Gasteiger partial charge in [-0.3, -0.25) is 4.98 Å². The minimum atomic E-state index is 0.0144. The molecule has 0 aliphatic rings. The van der Waals surface area contributed by atoms with Crippen LogP contribution in [0.5, 0.6) is 0 Å². The van der Waals surface area contributed by atoms with Crippen LogP contribution in [-0.4, -0.2) is 4.98 Å². The highest BCUT2D eigenvalue weighted by molar-refractivity contribution is 6.31. The Balaban J connectivity index is 2.88. The Morgan fingerprint density at radius 3 is 2.85 bits per heavy atom. The van der Waals surface area contributed by atoms with Gasteiger partial charge < -0.3 is 5.73 Å². The number of halogens is 1. The number of rotatable bonds is 3. The third kappa shape index (κ3) is 2.42. The largest absolute Gasteiger partial charge is 0.324 e. The molecule has 0 saturated carbocycles. The Morgan fingerprint density at radius 1 is 1.62 bits per heavy atom. The minimum absolute atomic E-state index is 0.0144. The van der Waals surface area contributed by atoms with Crippen LogP contribution in [0.2, 0.25) is 5.02 Å². The molecular weight excluding hydrogens is 184 g/mol. The van der Waals surface area contributed by atoms with Crippen molar-refractivity contribution in [3.05, 3.63) is 29.0 Å². The third-order valence-corrected chi connectivity index (χ3v) is 2.74. The van der Waals surface area contributed by atoms with Crippen LogP contribution in [-0.2, 0) is 0 Å². The van der Waals surface area contributed by atoms with Crippen LogP contribution in [0.15, 0.2) is 18.5 Å². The summed E-state index contributed by atoms with van der Waals surface area (Å²) in [6.07, 6.45) is 4.42. The molecule has 0 spiro atoms. The van der Waals surface area contributed by atoms with Crippen molar-refractivity contribution in [3.8, 4) is 0 Å². The van der Waals surface area contributed by atoms with E-state index >= 15 is 0 Å². The van der Waals surface area contributed by atoms with Crippen LogP contribution < -0.4 is 5.73 Å². The molecule has 0 aliphatic carbocycles. The fourth-order valence-electron chi connectivity index (χ4n) is 1.22. The Bertz CT molecular complexity index is 275. The fourth-order valence-corrected chi connectivity index (χ4v) is 1.46. The maximum atomic E-state index is 6.04. The first kappa shape index (κ1) is 10.5. The summed E-state index contributed by atoms with van der Waals surface area (Å²) in [6.45, 7) is 4.25. The highest BCUT2D eigenvalue weighted by Gasteiger charge is 2.15. The Morgan fingerprint density at radius 2 is 2.31 bits per heavy atom. The maximum absolute atomic E-state index is 6.04. The van der Waals surface area contributed by atoms with Gasteiger partial charge in [0.15, 0.2) is 0 Å². The van der Waals surface area contributed by atoms with E-state index in [0.717, 1.165) is 12.0 Å². The summed E-state index contributed by atoms with van der Waals surface area (Å²) in [6, 6.07) is 1.90. The lowest BCUT2D eigenvalue weighted by molar-refractivity contribution is 0.456. The van der Waals surface area contributed by atoms with Crippen LogP contribution in [0.1, 0.15) is 31.9 Å². The fraction of sp³-hybridized carbons (Fsp3) is 0.500. The second-order valence-electron chi connectivity index (χ2n) is 3.31. The second-order valence-corrected chi connectivity index (χ2v) is 3.72. The van der Waals surface area contributed by atoms with E-state index < -0.39 is 0 Å². The lowest BCUT2D eigenvalue weighted by Gasteiger charge is -2.19. The minimum Gasteiger partial charge on any atom is -0.324 e. The van der Waals surface area contributed by atoms with Gasteiger partial charge in [-0.1, -0.05) is 31.9 Å². The second kappa shape index (κ2) is 4.58. The van der Waals surface area contributed by atoms with Crippen LogP contribution >= 0.6 is 11.6 Å². The predicted octanol–water partition coefficient (Wildman–Crippen LogP) is 2.78. The smallest absolute Gasteiger partial charge is 0.0637 e. The Kier molecular flexibility index (Phi) is 3.70. The zero-order valence-electron chi connectivity index (χ0n) is 8.00. The first-order valence-electron chi connectivity index (χ1n) is 4.51. The predicted molar refractivity (Wildman–Crippen MR) is 55.6 cm³/mol. The van der Waals surface area contributed by atoms with E-state index in [1.807, 2.05) is 6.07 Å². The quantitative estimate of drug-likeness (QED) is 0.811. The van der Waals surface area contributed by atoms with Crippen LogP contribution in [0, 0.1) is 5.92 Å². The molecule has 1 heterocycles. The SMILES string of the molecule is CCC(C)[C@@H](N)c1ccncc1Cl. The maximum Gasteiger partial charge on any atom is 0.0637 e. The molecule has 0 amide bonds. The van der Waals surface area contributed by atoms with Crippen LogP contribution in [0.25, 0.3) is 0 Å². The Hall–Kier alpha value is -0.600. The molecule has 0 saturated heterocycles. The summed E-state index contributed by atoms with van der Waals surface area (Å²) in [5.74, 6) is 0.444. The highest BCUT2D eigenvalue weighted by Crippen LogP contribution is 2.26. The average Bonchev–Trinajstić information content (AvgIpc) is 2.16. The van der Waals surface area contributed by atoms with Crippen molar-refractivity contribution in [3.63, 3.8) is 0 Å². The molecule has 2 atom stereocenters. The summed E-state index contributed by atoms with van der Waals surface area (Å²) in [5.41, 5.74) is 7.03. The molecule has 13 heavy (non-hydrogen) atoms. The number of hydrogen-bond donors (Lipinski definition) is 1. The summed E-state index contributed by atoms with van der Waals surface area (Å²) in [5, 5.41) is 0.662. The van der Waals surface area contributed by atoms with Crippen molar-refractivity contribution < 1.29 is 0 Å². The average molecular weight is 199 g/mol. The number of nitrogens with zero attached hydrogens (tertiary/aromatic N) is 1. The molecule has 3 heteroatoms. The Labute approximate surface area is 84.1 Å². The van der Waals surface area contributed by atoms with Gasteiger partial charge >= 0.3 is 0 Å². The van der Waals surface area contributed by atoms with Crippen LogP contribution in [0.3, 0.4) is 0 Å². The van der Waals surface area contributed by atoms with Gasteiger partial charge in [0.1, 0.15) is 0 Å². The number of nitrogens with two attached hydrogens (primary N) is 1. The molecular formula is C10H15ClN2. The summed E-state index contributed by atoms with van der Waals surface area (Å²) in [7, 11) is 0. The van der Waals surface area contributed by atoms with Gasteiger partial charge in [0.2, 0.25) is 0 Å². The van der Waals surface area contributed by atoms with E-state index in [1.54, 1.807) is 12.4 Å². The first-order valence-corrected chi connectivity index (χ1v) is 4.89. The van der Waals surface area contributed by atoms with Gasteiger partial charge in [-0.15, -0.1) is 0 Å². The molecule has 0 aliphatic heterocycles. The van der Waals surface area contributed by atoms with E-state index in [-0.39, 0.29) is 6.04 Å². The van der Waals surface area contributed by atoms with Crippen molar-refractivity contribution in [2.24, 2.45) is 11.7 Å². The number of aromatic nitrogens is 1. The van der Waals surface area contributed by atoms with E-state index in [4.69, 9.17) is 17.3 Å². The van der Waals surface area contributed by atoms with Gasteiger partial charge in [0, 0.05) is 18.4 Å². The summed E-state index contributed by atoms with van der Waals surface area (Å²) in [4.78, 5) is 3.92. The molecule has 1 rings (SSSR count). The molecule has 0 fully saturated rings. The lowest BCUT2D eigenvalue weighted by atomic mass is 9.94. The number of hydrogen-bond acceptors (Lipinski definition) is 2. The zero-order chi connectivity index (χ0) is 9.84. The van der Waals surface area contributed by atoms with Crippen molar-refractivity contribution in [1.29, 1.82) is 0 Å². The van der Waals surface area contributed by atoms with Gasteiger partial charge in [-0.25, -0.2) is 0 Å². The van der Waals surface area contributed by atoms with Crippen molar-refractivity contribution in [1.82, 2.24) is 4.98 Å². The lowest BCUT2D eigenvalue weighted by Crippen LogP contribution is -2.18. The molecule has 0 radical (unpaired) electrons. The molecule has 2 N–H and O–H groups in total.